The number of thioether (sulfide) groups is 1. The number of carbonyl (C=O) groups excluding carboxylic acids is 1. The highest BCUT2D eigenvalue weighted by Crippen LogP contribution is 2.30. The molecule has 0 aliphatic rings. The zero-order valence-electron chi connectivity index (χ0n) is 12.7. The normalized spacial score (nSPS) is 10.5. The fourth-order valence-corrected chi connectivity index (χ4v) is 4.03. The van der Waals surface area contributed by atoms with E-state index in [-0.39, 0.29) is 5.91 Å². The van der Waals surface area contributed by atoms with Crippen LogP contribution in [0, 0.1) is 6.92 Å². The minimum absolute atomic E-state index is 0.0546. The summed E-state index contributed by atoms with van der Waals surface area (Å²) in [6, 6.07) is 13.8. The third-order valence-corrected chi connectivity index (χ3v) is 5.46. The Labute approximate surface area is 143 Å². The van der Waals surface area contributed by atoms with Gasteiger partial charge in [0.1, 0.15) is 4.88 Å². The first-order valence-corrected chi connectivity index (χ1v) is 9.06. The topological polar surface area (TPSA) is 42.0 Å². The summed E-state index contributed by atoms with van der Waals surface area (Å²) in [5.74, 6) is 0.769. The zero-order valence-corrected chi connectivity index (χ0v) is 14.3. The second-order valence-corrected chi connectivity index (χ2v) is 7.01. The summed E-state index contributed by atoms with van der Waals surface area (Å²) in [6.45, 7) is 2.03. The molecule has 0 bridgehead atoms. The van der Waals surface area contributed by atoms with E-state index in [1.54, 1.807) is 24.2 Å². The molecule has 0 unspecified atom stereocenters. The summed E-state index contributed by atoms with van der Waals surface area (Å²) in [5.41, 5.74) is 3.19. The Bertz CT molecular complexity index is 782. The summed E-state index contributed by atoms with van der Waals surface area (Å²) in [4.78, 5) is 18.3. The first-order valence-electron chi connectivity index (χ1n) is 7.19. The van der Waals surface area contributed by atoms with Crippen molar-refractivity contribution in [3.63, 3.8) is 0 Å². The van der Waals surface area contributed by atoms with E-state index in [2.05, 4.69) is 10.3 Å². The number of hydrogen-bond acceptors (Lipinski definition) is 4. The van der Waals surface area contributed by atoms with Crippen LogP contribution in [0.3, 0.4) is 0 Å². The van der Waals surface area contributed by atoms with Crippen LogP contribution in [0.5, 0.6) is 0 Å². The fourth-order valence-electron chi connectivity index (χ4n) is 2.04. The highest BCUT2D eigenvalue weighted by atomic mass is 32.2. The van der Waals surface area contributed by atoms with Crippen molar-refractivity contribution in [2.75, 3.05) is 5.32 Å². The monoisotopic (exact) mass is 340 g/mol. The molecular formula is C18H16N2OS2. The average molecular weight is 340 g/mol. The Kier molecular flexibility index (Phi) is 5.10. The Hall–Kier alpha value is -2.11. The second kappa shape index (κ2) is 7.44. The van der Waals surface area contributed by atoms with Crippen LogP contribution in [-0.2, 0) is 5.75 Å². The third-order valence-electron chi connectivity index (χ3n) is 3.29. The number of aromatic nitrogens is 1. The molecule has 1 aromatic carbocycles. The van der Waals surface area contributed by atoms with Crippen molar-refractivity contribution >= 4 is 34.7 Å². The molecule has 5 heteroatoms. The van der Waals surface area contributed by atoms with E-state index in [1.807, 2.05) is 54.8 Å². The summed E-state index contributed by atoms with van der Waals surface area (Å²) in [7, 11) is 0. The van der Waals surface area contributed by atoms with Gasteiger partial charge in [0.15, 0.2) is 0 Å². The molecule has 0 fully saturated rings. The number of pyridine rings is 1. The van der Waals surface area contributed by atoms with Crippen molar-refractivity contribution in [1.29, 1.82) is 0 Å². The van der Waals surface area contributed by atoms with Gasteiger partial charge in [0, 0.05) is 28.7 Å². The molecule has 0 atom stereocenters. The summed E-state index contributed by atoms with van der Waals surface area (Å²) in [6.07, 6.45) is 3.57. The van der Waals surface area contributed by atoms with Crippen LogP contribution in [0.2, 0.25) is 0 Å². The maximum Gasteiger partial charge on any atom is 0.266 e. The first kappa shape index (κ1) is 15.8. The largest absolute Gasteiger partial charge is 0.321 e. The molecule has 3 nitrogen and oxygen atoms in total. The van der Waals surface area contributed by atoms with Gasteiger partial charge in [0.05, 0.1) is 0 Å². The van der Waals surface area contributed by atoms with Gasteiger partial charge in [-0.25, -0.2) is 0 Å². The van der Waals surface area contributed by atoms with Crippen LogP contribution in [-0.4, -0.2) is 10.9 Å². The van der Waals surface area contributed by atoms with Crippen molar-refractivity contribution in [1.82, 2.24) is 4.98 Å². The van der Waals surface area contributed by atoms with Crippen molar-refractivity contribution in [3.05, 3.63) is 76.2 Å². The molecule has 3 rings (SSSR count). The van der Waals surface area contributed by atoms with Gasteiger partial charge in [0.25, 0.3) is 5.91 Å². The molecular weight excluding hydrogens is 324 g/mol. The molecule has 1 amide bonds. The number of anilines is 1. The van der Waals surface area contributed by atoms with E-state index in [9.17, 15) is 4.79 Å². The quantitative estimate of drug-likeness (QED) is 0.665. The number of rotatable bonds is 5. The maximum absolute atomic E-state index is 12.5. The zero-order chi connectivity index (χ0) is 16.1. The SMILES string of the molecule is Cc1ccc(NC(=O)c2sccc2SCc2ccncc2)cc1. The molecule has 0 saturated carbocycles. The number of nitrogens with zero attached hydrogens (tertiary/aromatic N) is 1. The highest BCUT2D eigenvalue weighted by molar-refractivity contribution is 7.98. The van der Waals surface area contributed by atoms with E-state index in [0.29, 0.717) is 0 Å². The molecule has 0 aliphatic carbocycles. The van der Waals surface area contributed by atoms with Crippen LogP contribution < -0.4 is 5.32 Å². The highest BCUT2D eigenvalue weighted by Gasteiger charge is 2.14. The molecule has 1 N–H and O–H groups in total. The molecule has 2 heterocycles. The van der Waals surface area contributed by atoms with Crippen molar-refractivity contribution in [2.45, 2.75) is 17.6 Å². The Morgan fingerprint density at radius 3 is 2.61 bits per heavy atom. The standard InChI is InChI=1S/C18H16N2OS2/c1-13-2-4-15(5-3-13)20-18(21)17-16(8-11-22-17)23-12-14-6-9-19-10-7-14/h2-11H,12H2,1H3,(H,20,21). The van der Waals surface area contributed by atoms with Crippen LogP contribution in [0.4, 0.5) is 5.69 Å². The van der Waals surface area contributed by atoms with E-state index < -0.39 is 0 Å². The van der Waals surface area contributed by atoms with E-state index >= 15 is 0 Å². The maximum atomic E-state index is 12.5. The lowest BCUT2D eigenvalue weighted by Gasteiger charge is -2.06. The van der Waals surface area contributed by atoms with Gasteiger partial charge in [-0.15, -0.1) is 23.1 Å². The van der Waals surface area contributed by atoms with Crippen LogP contribution in [0.15, 0.2) is 65.1 Å². The lowest BCUT2D eigenvalue weighted by molar-refractivity contribution is 0.102. The molecule has 116 valence electrons. The van der Waals surface area contributed by atoms with Gasteiger partial charge < -0.3 is 5.32 Å². The van der Waals surface area contributed by atoms with Gasteiger partial charge in [-0.1, -0.05) is 17.7 Å². The lowest BCUT2D eigenvalue weighted by Crippen LogP contribution is -2.11. The van der Waals surface area contributed by atoms with Gasteiger partial charge >= 0.3 is 0 Å². The molecule has 0 aliphatic heterocycles. The number of carbonyl (C=O) groups is 1. The van der Waals surface area contributed by atoms with E-state index in [1.165, 1.54) is 22.5 Å². The Balaban J connectivity index is 1.67. The first-order chi connectivity index (χ1) is 11.2. The molecule has 0 saturated heterocycles. The summed E-state index contributed by atoms with van der Waals surface area (Å²) >= 11 is 3.14. The number of nitrogens with one attached hydrogen (secondary N) is 1. The summed E-state index contributed by atoms with van der Waals surface area (Å²) in [5, 5.41) is 4.92. The van der Waals surface area contributed by atoms with Gasteiger partial charge in [-0.3, -0.25) is 9.78 Å². The van der Waals surface area contributed by atoms with Crippen LogP contribution in [0.25, 0.3) is 0 Å². The van der Waals surface area contributed by atoms with Gasteiger partial charge in [0.2, 0.25) is 0 Å². The second-order valence-electron chi connectivity index (χ2n) is 5.08. The fraction of sp³-hybridized carbons (Fsp3) is 0.111. The van der Waals surface area contributed by atoms with Gasteiger partial charge in [-0.2, -0.15) is 0 Å². The number of aryl methyl sites for hydroxylation is 1. The van der Waals surface area contributed by atoms with Crippen molar-refractivity contribution < 1.29 is 4.79 Å². The smallest absolute Gasteiger partial charge is 0.266 e. The Morgan fingerprint density at radius 2 is 1.87 bits per heavy atom. The predicted molar refractivity (Wildman–Crippen MR) is 97.2 cm³/mol. The summed E-state index contributed by atoms with van der Waals surface area (Å²) < 4.78 is 0. The number of thiophene rings is 1. The number of amides is 1. The van der Waals surface area contributed by atoms with E-state index in [4.69, 9.17) is 0 Å². The van der Waals surface area contributed by atoms with E-state index in [0.717, 1.165) is 21.2 Å². The molecule has 2 aromatic heterocycles. The molecule has 0 radical (unpaired) electrons. The number of hydrogen-bond donors (Lipinski definition) is 1. The van der Waals surface area contributed by atoms with Crippen LogP contribution in [0.1, 0.15) is 20.8 Å². The molecule has 23 heavy (non-hydrogen) atoms. The van der Waals surface area contributed by atoms with Gasteiger partial charge in [-0.05, 0) is 48.2 Å². The predicted octanol–water partition coefficient (Wildman–Crippen LogP) is 5.00. The van der Waals surface area contributed by atoms with Crippen molar-refractivity contribution in [2.24, 2.45) is 0 Å². The molecule has 3 aromatic rings. The van der Waals surface area contributed by atoms with Crippen LogP contribution >= 0.6 is 23.1 Å². The lowest BCUT2D eigenvalue weighted by atomic mass is 10.2. The minimum Gasteiger partial charge on any atom is -0.321 e. The minimum atomic E-state index is -0.0546. The Morgan fingerprint density at radius 1 is 1.13 bits per heavy atom. The number of benzene rings is 1. The average Bonchev–Trinajstić information content (AvgIpc) is 3.05. The van der Waals surface area contributed by atoms with Crippen molar-refractivity contribution in [3.8, 4) is 0 Å². The molecule has 0 spiro atoms. The third kappa shape index (κ3) is 4.21.